The Morgan fingerprint density at radius 3 is 2.05 bits per heavy atom. The predicted molar refractivity (Wildman–Crippen MR) is 151 cm³/mol. The van der Waals surface area contributed by atoms with Crippen molar-refractivity contribution in [2.45, 2.75) is 119 Å². The lowest BCUT2D eigenvalue weighted by molar-refractivity contribution is -0.220. The first-order valence-electron chi connectivity index (χ1n) is 15.7. The Morgan fingerprint density at radius 1 is 0.763 bits per heavy atom. The van der Waals surface area contributed by atoms with E-state index in [4.69, 9.17) is 0 Å². The van der Waals surface area contributed by atoms with Crippen molar-refractivity contribution >= 4 is 0 Å². The van der Waals surface area contributed by atoms with Gasteiger partial charge in [0.05, 0.1) is 23.4 Å². The highest BCUT2D eigenvalue weighted by molar-refractivity contribution is 5.34. The Labute approximate surface area is 230 Å². The lowest BCUT2D eigenvalue weighted by atomic mass is 9.67. The van der Waals surface area contributed by atoms with Gasteiger partial charge in [0.2, 0.25) is 0 Å². The van der Waals surface area contributed by atoms with Crippen LogP contribution in [0.2, 0.25) is 0 Å². The maximum atomic E-state index is 11.0. The monoisotopic (exact) mass is 528 g/mol. The quantitative estimate of drug-likeness (QED) is 0.410. The third kappa shape index (κ3) is 6.31. The molecule has 4 N–H and O–H groups in total. The fourth-order valence-corrected chi connectivity index (χ4v) is 8.28. The molecule has 2 aliphatic heterocycles. The zero-order valence-corrected chi connectivity index (χ0v) is 23.4. The fraction of sp³-hybridized carbons (Fsp3) is 0.812. The maximum Gasteiger partial charge on any atom is 0.0987 e. The Bertz CT molecular complexity index is 886. The standard InChI is InChI=1S/C16H29NO4.C16H23N/c18-13-10-15(20)6-5-12(16(15,21)11-14(13)19)4-3-9-17-7-1-2-8-17;1-2-8-16-14(6-1)9-10-15(16)7-5-13-17-11-3-4-12-17/h12-14,18-21H,1-11H2;1-2,6,8,15H,3-5,7,9-13H2. The van der Waals surface area contributed by atoms with Gasteiger partial charge >= 0.3 is 0 Å². The van der Waals surface area contributed by atoms with E-state index in [0.717, 1.165) is 31.7 Å². The van der Waals surface area contributed by atoms with Gasteiger partial charge in [-0.2, -0.15) is 0 Å². The number of likely N-dealkylation sites (tertiary alicyclic amines) is 2. The molecule has 1 aromatic rings. The zero-order valence-electron chi connectivity index (χ0n) is 23.4. The first-order chi connectivity index (χ1) is 18.4. The molecule has 6 unspecified atom stereocenters. The Morgan fingerprint density at radius 2 is 1.37 bits per heavy atom. The Kier molecular flexibility index (Phi) is 9.49. The molecule has 2 saturated carbocycles. The number of aryl methyl sites for hydroxylation is 1. The van der Waals surface area contributed by atoms with E-state index in [1.54, 1.807) is 11.1 Å². The summed E-state index contributed by atoms with van der Waals surface area (Å²) >= 11 is 0. The molecule has 0 radical (unpaired) electrons. The highest BCUT2D eigenvalue weighted by Crippen LogP contribution is 2.53. The van der Waals surface area contributed by atoms with Crippen LogP contribution in [0.5, 0.6) is 0 Å². The van der Waals surface area contributed by atoms with Crippen LogP contribution >= 0.6 is 0 Å². The lowest BCUT2D eigenvalue weighted by Gasteiger charge is -2.48. The van der Waals surface area contributed by atoms with Gasteiger partial charge in [0.25, 0.3) is 0 Å². The molecular formula is C32H52N2O4. The average Bonchev–Trinajstić information content (AvgIpc) is 3.71. The van der Waals surface area contributed by atoms with Crippen LogP contribution < -0.4 is 0 Å². The van der Waals surface area contributed by atoms with Crippen LogP contribution in [0, 0.1) is 5.92 Å². The number of nitrogens with zero attached hydrogens (tertiary/aromatic N) is 2. The van der Waals surface area contributed by atoms with Gasteiger partial charge in [0.1, 0.15) is 0 Å². The molecule has 6 rings (SSSR count). The van der Waals surface area contributed by atoms with Gasteiger partial charge < -0.3 is 30.2 Å². The summed E-state index contributed by atoms with van der Waals surface area (Å²) in [7, 11) is 0. The second-order valence-corrected chi connectivity index (χ2v) is 13.1. The van der Waals surface area contributed by atoms with Crippen LogP contribution in [0.25, 0.3) is 0 Å². The zero-order chi connectivity index (χ0) is 26.6. The van der Waals surface area contributed by atoms with Crippen molar-refractivity contribution < 1.29 is 20.4 Å². The smallest absolute Gasteiger partial charge is 0.0987 e. The van der Waals surface area contributed by atoms with E-state index in [1.165, 1.54) is 84.1 Å². The highest BCUT2D eigenvalue weighted by Gasteiger charge is 2.62. The molecule has 0 spiro atoms. The van der Waals surface area contributed by atoms with Crippen molar-refractivity contribution in [3.8, 4) is 0 Å². The molecule has 5 aliphatic rings. The van der Waals surface area contributed by atoms with Gasteiger partial charge in [-0.15, -0.1) is 0 Å². The summed E-state index contributed by atoms with van der Waals surface area (Å²) < 4.78 is 0. The van der Waals surface area contributed by atoms with Crippen LogP contribution in [0.15, 0.2) is 24.3 Å². The van der Waals surface area contributed by atoms with E-state index in [9.17, 15) is 20.4 Å². The minimum Gasteiger partial charge on any atom is -0.390 e. The number of aliphatic hydroxyl groups excluding tert-OH is 2. The highest BCUT2D eigenvalue weighted by atomic mass is 16.4. The Balaban J connectivity index is 0.000000158. The third-order valence-electron chi connectivity index (χ3n) is 10.6. The summed E-state index contributed by atoms with van der Waals surface area (Å²) in [6.07, 6.45) is 12.5. The van der Waals surface area contributed by atoms with Gasteiger partial charge in [-0.3, -0.25) is 0 Å². The van der Waals surface area contributed by atoms with Crippen molar-refractivity contribution in [3.05, 3.63) is 35.4 Å². The van der Waals surface area contributed by atoms with Crippen molar-refractivity contribution in [1.29, 1.82) is 0 Å². The molecule has 2 saturated heterocycles. The molecule has 2 heterocycles. The molecule has 0 bridgehead atoms. The number of hydrogen-bond donors (Lipinski definition) is 4. The normalized spacial score (nSPS) is 37.2. The second-order valence-electron chi connectivity index (χ2n) is 13.1. The molecule has 38 heavy (non-hydrogen) atoms. The van der Waals surface area contributed by atoms with Gasteiger partial charge in [-0.05, 0) is 139 Å². The van der Waals surface area contributed by atoms with Crippen LogP contribution in [0.1, 0.15) is 101 Å². The molecular weight excluding hydrogens is 476 g/mol. The van der Waals surface area contributed by atoms with Crippen LogP contribution in [0.4, 0.5) is 0 Å². The molecule has 6 atom stereocenters. The topological polar surface area (TPSA) is 87.4 Å². The third-order valence-corrected chi connectivity index (χ3v) is 10.6. The number of hydrogen-bond acceptors (Lipinski definition) is 6. The summed E-state index contributed by atoms with van der Waals surface area (Å²) in [5.74, 6) is 0.890. The van der Waals surface area contributed by atoms with E-state index in [1.807, 2.05) is 0 Å². The van der Waals surface area contributed by atoms with Crippen LogP contribution in [-0.4, -0.2) is 92.9 Å². The minimum absolute atomic E-state index is 0.0345. The molecule has 4 fully saturated rings. The fourth-order valence-electron chi connectivity index (χ4n) is 8.28. The molecule has 6 nitrogen and oxygen atoms in total. The first-order valence-corrected chi connectivity index (χ1v) is 15.7. The number of benzene rings is 1. The summed E-state index contributed by atoms with van der Waals surface area (Å²) in [6.45, 7) is 7.46. The SMILES string of the molecule is OC1CC2(O)CCC(CCCN3CCCC3)C2(O)CC1O.c1ccc2c(c1)CCC2CCCN1CCCC1. The van der Waals surface area contributed by atoms with Gasteiger partial charge in [-0.1, -0.05) is 24.3 Å². The minimum atomic E-state index is -1.23. The lowest BCUT2D eigenvalue weighted by Crippen LogP contribution is -2.62. The maximum absolute atomic E-state index is 11.0. The van der Waals surface area contributed by atoms with Crippen molar-refractivity contribution in [3.63, 3.8) is 0 Å². The van der Waals surface area contributed by atoms with E-state index < -0.39 is 23.4 Å². The Hall–Kier alpha value is -1.02. The van der Waals surface area contributed by atoms with Crippen molar-refractivity contribution in [1.82, 2.24) is 9.80 Å². The number of aliphatic hydroxyl groups is 4. The molecule has 0 aromatic heterocycles. The van der Waals surface area contributed by atoms with Gasteiger partial charge in [-0.25, -0.2) is 0 Å². The first kappa shape index (κ1) is 28.5. The molecule has 6 heteroatoms. The van der Waals surface area contributed by atoms with Crippen molar-refractivity contribution in [2.75, 3.05) is 39.3 Å². The summed E-state index contributed by atoms with van der Waals surface area (Å²) in [5, 5.41) is 41.4. The number of rotatable bonds is 8. The predicted octanol–water partition coefficient (Wildman–Crippen LogP) is 3.84. The molecule has 3 aliphatic carbocycles. The summed E-state index contributed by atoms with van der Waals surface area (Å²) in [5.41, 5.74) is 0.813. The van der Waals surface area contributed by atoms with Crippen LogP contribution in [0.3, 0.4) is 0 Å². The number of fused-ring (bicyclic) bond motifs is 2. The van der Waals surface area contributed by atoms with E-state index in [0.29, 0.717) is 6.42 Å². The second kappa shape index (κ2) is 12.7. The molecule has 214 valence electrons. The summed E-state index contributed by atoms with van der Waals surface area (Å²) in [4.78, 5) is 5.10. The average molecular weight is 529 g/mol. The largest absolute Gasteiger partial charge is 0.390 e. The van der Waals surface area contributed by atoms with E-state index in [-0.39, 0.29) is 18.8 Å². The molecule has 0 amide bonds. The molecule has 1 aromatic carbocycles. The van der Waals surface area contributed by atoms with E-state index in [2.05, 4.69) is 34.1 Å². The van der Waals surface area contributed by atoms with Gasteiger partial charge in [0.15, 0.2) is 0 Å². The van der Waals surface area contributed by atoms with Gasteiger partial charge in [0, 0.05) is 12.8 Å². The summed E-state index contributed by atoms with van der Waals surface area (Å²) in [6, 6.07) is 9.06. The van der Waals surface area contributed by atoms with Crippen LogP contribution in [-0.2, 0) is 6.42 Å². The van der Waals surface area contributed by atoms with E-state index >= 15 is 0 Å². The van der Waals surface area contributed by atoms with Crippen molar-refractivity contribution in [2.24, 2.45) is 5.92 Å².